The molecule has 0 aromatic carbocycles. The molecule has 180 valence electrons. The van der Waals surface area contributed by atoms with Gasteiger partial charge >= 0.3 is 0 Å². The number of carbonyl (C=O) groups is 1. The molecule has 0 aliphatic heterocycles. The summed E-state index contributed by atoms with van der Waals surface area (Å²) >= 11 is 4.01. The molecule has 0 N–H and O–H groups in total. The molecular weight excluding hydrogens is 456 g/mol. The number of hydrogen-bond donors (Lipinski definition) is 0. The van der Waals surface area contributed by atoms with Crippen LogP contribution in [0.4, 0.5) is 0 Å². The normalized spacial score (nSPS) is 51.6. The molecule has 5 rings (SSSR count). The summed E-state index contributed by atoms with van der Waals surface area (Å²) in [5.74, 6) is 2.53. The van der Waals surface area contributed by atoms with Gasteiger partial charge < -0.3 is 0 Å². The molecule has 4 saturated carbocycles. The smallest absolute Gasteiger partial charge is 0.138 e. The summed E-state index contributed by atoms with van der Waals surface area (Å²) in [7, 11) is 0. The highest BCUT2D eigenvalue weighted by atomic mass is 79.9. The maximum Gasteiger partial charge on any atom is 0.138 e. The third-order valence-corrected chi connectivity index (χ3v) is 13.9. The lowest BCUT2D eigenvalue weighted by molar-refractivity contribution is -0.183. The lowest BCUT2D eigenvalue weighted by Crippen LogP contribution is -2.64. The number of alkyl halides is 1. The van der Waals surface area contributed by atoms with Crippen molar-refractivity contribution in [2.75, 3.05) is 5.33 Å². The maximum absolute atomic E-state index is 12.9. The molecule has 0 aromatic rings. The number of hydrogen-bond acceptors (Lipinski definition) is 1. The largest absolute Gasteiger partial charge is 0.299 e. The van der Waals surface area contributed by atoms with Crippen LogP contribution in [0.15, 0.2) is 11.6 Å². The number of carbonyl (C=O) groups excluding carboxylic acids is 1. The molecule has 0 spiro atoms. The first-order valence-corrected chi connectivity index (χ1v) is 14.7. The van der Waals surface area contributed by atoms with Crippen molar-refractivity contribution in [1.29, 1.82) is 0 Å². The van der Waals surface area contributed by atoms with Crippen molar-refractivity contribution in [3.8, 4) is 0 Å². The van der Waals surface area contributed by atoms with Gasteiger partial charge in [0.05, 0.1) is 0 Å². The Morgan fingerprint density at radius 2 is 1.59 bits per heavy atom. The standard InChI is InChI=1S/C30H47BrO/c1-25(2)14-16-30(19-31)17-15-28(6)20(21(30)18-25)8-9-23-27(5)12-11-24(32)26(3,4)22(27)10-13-29(23,28)7/h8,21-23H,9-19H2,1-7H3/t21-,22-,23+,27-,28+,29+,30+/m0/s1. The zero-order chi connectivity index (χ0) is 23.4. The van der Waals surface area contributed by atoms with Gasteiger partial charge in [0.1, 0.15) is 5.78 Å². The SMILES string of the molecule is CC1(C)CC[C@]2(CBr)CC[C@]3(C)C(=CC[C@@H]4[C@@]5(C)CCC(=O)C(C)(C)[C@@H]5CC[C@]43C)[C@@H]2C1. The second kappa shape index (κ2) is 6.98. The van der Waals surface area contributed by atoms with Crippen molar-refractivity contribution in [2.45, 2.75) is 113 Å². The van der Waals surface area contributed by atoms with Gasteiger partial charge in [-0.3, -0.25) is 4.79 Å². The average Bonchev–Trinajstić information content (AvgIpc) is 2.71. The van der Waals surface area contributed by atoms with Crippen LogP contribution in [0.3, 0.4) is 0 Å². The van der Waals surface area contributed by atoms with E-state index in [1.54, 1.807) is 0 Å². The fourth-order valence-electron chi connectivity index (χ4n) is 10.4. The summed E-state index contributed by atoms with van der Waals surface area (Å²) in [6.45, 7) is 17.5. The molecule has 7 atom stereocenters. The van der Waals surface area contributed by atoms with Crippen LogP contribution < -0.4 is 0 Å². The Morgan fingerprint density at radius 3 is 2.28 bits per heavy atom. The highest BCUT2D eigenvalue weighted by Gasteiger charge is 2.68. The maximum atomic E-state index is 12.9. The molecule has 0 bridgehead atoms. The van der Waals surface area contributed by atoms with Crippen molar-refractivity contribution >= 4 is 21.7 Å². The molecule has 32 heavy (non-hydrogen) atoms. The zero-order valence-electron chi connectivity index (χ0n) is 21.9. The first kappa shape index (κ1) is 23.6. The predicted octanol–water partition coefficient (Wildman–Crippen LogP) is 8.75. The van der Waals surface area contributed by atoms with Crippen LogP contribution in [0.25, 0.3) is 0 Å². The molecular formula is C30H47BrO. The Morgan fingerprint density at radius 1 is 0.906 bits per heavy atom. The van der Waals surface area contributed by atoms with Crippen molar-refractivity contribution in [1.82, 2.24) is 0 Å². The van der Waals surface area contributed by atoms with Crippen molar-refractivity contribution < 1.29 is 4.79 Å². The molecule has 0 aromatic heterocycles. The van der Waals surface area contributed by atoms with Crippen LogP contribution in [0.1, 0.15) is 113 Å². The third kappa shape index (κ3) is 2.83. The monoisotopic (exact) mass is 502 g/mol. The van der Waals surface area contributed by atoms with Gasteiger partial charge in [-0.2, -0.15) is 0 Å². The molecule has 5 aliphatic carbocycles. The summed E-state index contributed by atoms with van der Waals surface area (Å²) in [6, 6.07) is 0. The van der Waals surface area contributed by atoms with E-state index in [4.69, 9.17) is 0 Å². The summed E-state index contributed by atoms with van der Waals surface area (Å²) in [6.07, 6.45) is 15.3. The van der Waals surface area contributed by atoms with Crippen LogP contribution >= 0.6 is 15.9 Å². The van der Waals surface area contributed by atoms with Gasteiger partial charge in [-0.25, -0.2) is 0 Å². The number of rotatable bonds is 1. The Labute approximate surface area is 206 Å². The molecule has 2 heteroatoms. The number of allylic oxidation sites excluding steroid dienone is 2. The quantitative estimate of drug-likeness (QED) is 0.258. The fraction of sp³-hybridized carbons (Fsp3) is 0.900. The van der Waals surface area contributed by atoms with E-state index in [1.165, 1.54) is 56.7 Å². The summed E-state index contributed by atoms with van der Waals surface area (Å²) in [4.78, 5) is 12.9. The van der Waals surface area contributed by atoms with Gasteiger partial charge in [0, 0.05) is 17.2 Å². The number of halogens is 1. The molecule has 5 aliphatic rings. The molecule has 0 saturated heterocycles. The minimum atomic E-state index is -0.149. The van der Waals surface area contributed by atoms with Crippen LogP contribution in [0.2, 0.25) is 0 Å². The Hall–Kier alpha value is -0.110. The van der Waals surface area contributed by atoms with E-state index in [-0.39, 0.29) is 5.41 Å². The first-order chi connectivity index (χ1) is 14.8. The Balaban J connectivity index is 1.59. The molecule has 0 heterocycles. The van der Waals surface area contributed by atoms with E-state index < -0.39 is 0 Å². The molecule has 4 fully saturated rings. The summed E-state index contributed by atoms with van der Waals surface area (Å²) in [5, 5.41) is 1.17. The molecule has 0 radical (unpaired) electrons. The fourth-order valence-corrected chi connectivity index (χ4v) is 11.3. The van der Waals surface area contributed by atoms with E-state index in [1.807, 2.05) is 5.57 Å². The predicted molar refractivity (Wildman–Crippen MR) is 138 cm³/mol. The summed E-state index contributed by atoms with van der Waals surface area (Å²) < 4.78 is 0. The molecule has 1 nitrogen and oxygen atoms in total. The van der Waals surface area contributed by atoms with Crippen LogP contribution in [0, 0.1) is 50.2 Å². The van der Waals surface area contributed by atoms with Crippen LogP contribution in [-0.4, -0.2) is 11.1 Å². The number of fused-ring (bicyclic) bond motifs is 7. The van der Waals surface area contributed by atoms with Crippen LogP contribution in [-0.2, 0) is 4.79 Å². The minimum absolute atomic E-state index is 0.149. The topological polar surface area (TPSA) is 17.1 Å². The van der Waals surface area contributed by atoms with Gasteiger partial charge in [0.2, 0.25) is 0 Å². The lowest BCUT2D eigenvalue weighted by atomic mass is 9.34. The van der Waals surface area contributed by atoms with E-state index in [0.29, 0.717) is 44.7 Å². The van der Waals surface area contributed by atoms with E-state index in [0.717, 1.165) is 18.8 Å². The van der Waals surface area contributed by atoms with Crippen molar-refractivity contribution in [3.05, 3.63) is 11.6 Å². The van der Waals surface area contributed by atoms with E-state index in [2.05, 4.69) is 70.5 Å². The van der Waals surface area contributed by atoms with E-state index >= 15 is 0 Å². The zero-order valence-corrected chi connectivity index (χ0v) is 23.5. The highest BCUT2D eigenvalue weighted by molar-refractivity contribution is 9.09. The minimum Gasteiger partial charge on any atom is -0.299 e. The highest BCUT2D eigenvalue weighted by Crippen LogP contribution is 2.75. The van der Waals surface area contributed by atoms with Gasteiger partial charge in [-0.15, -0.1) is 0 Å². The second-order valence-electron chi connectivity index (χ2n) is 14.9. The van der Waals surface area contributed by atoms with Gasteiger partial charge in [-0.05, 0) is 103 Å². The van der Waals surface area contributed by atoms with Gasteiger partial charge in [0.15, 0.2) is 0 Å². The van der Waals surface area contributed by atoms with Crippen molar-refractivity contribution in [3.63, 3.8) is 0 Å². The summed E-state index contributed by atoms with van der Waals surface area (Å²) in [5.41, 5.74) is 3.62. The third-order valence-electron chi connectivity index (χ3n) is 12.8. The molecule has 0 amide bonds. The number of ketones is 1. The molecule has 0 unspecified atom stereocenters. The first-order valence-electron chi connectivity index (χ1n) is 13.6. The number of Topliss-reactive ketones (excluding diaryl/α,β-unsaturated/α-hetero) is 1. The van der Waals surface area contributed by atoms with Crippen molar-refractivity contribution in [2.24, 2.45) is 50.2 Å². The van der Waals surface area contributed by atoms with E-state index in [9.17, 15) is 4.79 Å². The van der Waals surface area contributed by atoms with Gasteiger partial charge in [-0.1, -0.05) is 76.0 Å². The Bertz CT molecular complexity index is 853. The Kier molecular flexibility index (Phi) is 5.15. The lowest BCUT2D eigenvalue weighted by Gasteiger charge is -2.71. The van der Waals surface area contributed by atoms with Crippen LogP contribution in [0.5, 0.6) is 0 Å². The second-order valence-corrected chi connectivity index (χ2v) is 15.4. The van der Waals surface area contributed by atoms with Gasteiger partial charge in [0.25, 0.3) is 0 Å². The average molecular weight is 504 g/mol.